The molecule has 20 heavy (non-hydrogen) atoms. The normalized spacial score (nSPS) is 19.8. The Morgan fingerprint density at radius 3 is 2.60 bits per heavy atom. The number of anilines is 1. The van der Waals surface area contributed by atoms with Gasteiger partial charge in [0.2, 0.25) is 0 Å². The first kappa shape index (κ1) is 13.8. The Labute approximate surface area is 113 Å². The molecular weight excluding hydrogens is 268 g/mol. The van der Waals surface area contributed by atoms with Gasteiger partial charge in [-0.15, -0.1) is 0 Å². The molecule has 0 bridgehead atoms. The van der Waals surface area contributed by atoms with Crippen LogP contribution in [-0.4, -0.2) is 24.5 Å². The molecule has 1 atom stereocenters. The maximum Gasteiger partial charge on any atom is 0.377 e. The van der Waals surface area contributed by atoms with Gasteiger partial charge in [-0.25, -0.2) is 4.79 Å². The number of esters is 1. The number of benzene rings is 1. The van der Waals surface area contributed by atoms with E-state index in [4.69, 9.17) is 10.5 Å². The number of nitrogens with one attached hydrogen (secondary N) is 1. The lowest BCUT2D eigenvalue weighted by Gasteiger charge is -2.11. The standard InChI is InChI=1S/C13H9F2N3O2/c14-13(15)4-11(20-12(13)19)7-18-10-2-1-8(5-16)9(3-10)6-17/h1-3,11,18H,4,7H2. The maximum atomic E-state index is 12.9. The SMILES string of the molecule is N#Cc1ccc(NCC2CC(F)(F)C(=O)O2)cc1C#N. The minimum Gasteiger partial charge on any atom is -0.456 e. The highest BCUT2D eigenvalue weighted by Crippen LogP contribution is 2.31. The van der Waals surface area contributed by atoms with Crippen LogP contribution in [0.2, 0.25) is 0 Å². The van der Waals surface area contributed by atoms with Crippen molar-refractivity contribution in [3.8, 4) is 12.1 Å². The van der Waals surface area contributed by atoms with Gasteiger partial charge in [0, 0.05) is 5.69 Å². The molecule has 102 valence electrons. The van der Waals surface area contributed by atoms with Crippen molar-refractivity contribution in [1.29, 1.82) is 10.5 Å². The first-order valence-electron chi connectivity index (χ1n) is 5.73. The number of carbonyl (C=O) groups is 1. The van der Waals surface area contributed by atoms with Crippen LogP contribution < -0.4 is 5.32 Å². The quantitative estimate of drug-likeness (QED) is 0.851. The van der Waals surface area contributed by atoms with E-state index in [0.717, 1.165) is 0 Å². The molecule has 0 spiro atoms. The molecule has 1 aromatic carbocycles. The van der Waals surface area contributed by atoms with Crippen LogP contribution in [-0.2, 0) is 9.53 Å². The van der Waals surface area contributed by atoms with Gasteiger partial charge in [-0.2, -0.15) is 19.3 Å². The Hall–Kier alpha value is -2.67. The smallest absolute Gasteiger partial charge is 0.377 e. The molecule has 1 aromatic rings. The highest BCUT2D eigenvalue weighted by Gasteiger charge is 2.50. The van der Waals surface area contributed by atoms with Crippen molar-refractivity contribution < 1.29 is 18.3 Å². The number of rotatable bonds is 3. The van der Waals surface area contributed by atoms with Crippen LogP contribution in [0.5, 0.6) is 0 Å². The molecule has 0 saturated carbocycles. The molecule has 0 aromatic heterocycles. The van der Waals surface area contributed by atoms with Crippen molar-refractivity contribution in [3.63, 3.8) is 0 Å². The topological polar surface area (TPSA) is 85.9 Å². The minimum absolute atomic E-state index is 0.0120. The van der Waals surface area contributed by atoms with Gasteiger partial charge in [-0.3, -0.25) is 0 Å². The Kier molecular flexibility index (Phi) is 3.53. The van der Waals surface area contributed by atoms with Crippen molar-refractivity contribution >= 4 is 11.7 Å². The largest absolute Gasteiger partial charge is 0.456 e. The summed E-state index contributed by atoms with van der Waals surface area (Å²) in [7, 11) is 0. The van der Waals surface area contributed by atoms with Gasteiger partial charge in [0.15, 0.2) is 0 Å². The summed E-state index contributed by atoms with van der Waals surface area (Å²) in [4.78, 5) is 10.8. The van der Waals surface area contributed by atoms with Crippen LogP contribution in [0.1, 0.15) is 17.5 Å². The predicted octanol–water partition coefficient (Wildman–Crippen LogP) is 1.79. The van der Waals surface area contributed by atoms with Crippen molar-refractivity contribution in [2.24, 2.45) is 0 Å². The molecule has 0 radical (unpaired) electrons. The Morgan fingerprint density at radius 1 is 1.35 bits per heavy atom. The molecule has 1 heterocycles. The monoisotopic (exact) mass is 277 g/mol. The number of alkyl halides is 2. The zero-order valence-corrected chi connectivity index (χ0v) is 10.2. The molecule has 0 aliphatic carbocycles. The molecule has 1 aliphatic rings. The second kappa shape index (κ2) is 5.14. The predicted molar refractivity (Wildman–Crippen MR) is 63.8 cm³/mol. The van der Waals surface area contributed by atoms with E-state index in [0.29, 0.717) is 5.69 Å². The number of ether oxygens (including phenoxy) is 1. The zero-order chi connectivity index (χ0) is 14.8. The molecule has 1 N–H and O–H groups in total. The molecule has 1 aliphatic heterocycles. The van der Waals surface area contributed by atoms with Crippen LogP contribution >= 0.6 is 0 Å². The first-order valence-corrected chi connectivity index (χ1v) is 5.73. The van der Waals surface area contributed by atoms with Gasteiger partial charge in [-0.05, 0) is 18.2 Å². The maximum absolute atomic E-state index is 12.9. The summed E-state index contributed by atoms with van der Waals surface area (Å²) in [6.45, 7) is 0.0120. The van der Waals surface area contributed by atoms with E-state index < -0.39 is 24.4 Å². The van der Waals surface area contributed by atoms with E-state index in [1.807, 2.05) is 12.1 Å². The second-order valence-electron chi connectivity index (χ2n) is 4.30. The Balaban J connectivity index is 2.01. The molecule has 7 heteroatoms. The van der Waals surface area contributed by atoms with Gasteiger partial charge in [-0.1, -0.05) is 0 Å². The van der Waals surface area contributed by atoms with Crippen LogP contribution in [0.15, 0.2) is 18.2 Å². The van der Waals surface area contributed by atoms with Gasteiger partial charge in [0.1, 0.15) is 18.2 Å². The van der Waals surface area contributed by atoms with E-state index in [2.05, 4.69) is 10.1 Å². The molecule has 5 nitrogen and oxygen atoms in total. The summed E-state index contributed by atoms with van der Waals surface area (Å²) >= 11 is 0. The fourth-order valence-electron chi connectivity index (χ4n) is 1.84. The van der Waals surface area contributed by atoms with E-state index in [-0.39, 0.29) is 17.7 Å². The molecule has 1 unspecified atom stereocenters. The summed E-state index contributed by atoms with van der Waals surface area (Å²) in [5.41, 5.74) is 0.912. The van der Waals surface area contributed by atoms with E-state index in [9.17, 15) is 13.6 Å². The lowest BCUT2D eigenvalue weighted by molar-refractivity contribution is -0.158. The summed E-state index contributed by atoms with van der Waals surface area (Å²) in [6.07, 6.45) is -1.58. The number of nitrogens with zero attached hydrogens (tertiary/aromatic N) is 2. The molecule has 0 amide bonds. The Bertz CT molecular complexity index is 631. The van der Waals surface area contributed by atoms with Crippen LogP contribution in [0.25, 0.3) is 0 Å². The number of nitriles is 2. The molecule has 1 saturated heterocycles. The van der Waals surface area contributed by atoms with Crippen molar-refractivity contribution in [2.75, 3.05) is 11.9 Å². The van der Waals surface area contributed by atoms with Crippen LogP contribution in [0.3, 0.4) is 0 Å². The fraction of sp³-hybridized carbons (Fsp3) is 0.308. The average molecular weight is 277 g/mol. The van der Waals surface area contributed by atoms with E-state index in [1.54, 1.807) is 6.07 Å². The van der Waals surface area contributed by atoms with Crippen LogP contribution in [0.4, 0.5) is 14.5 Å². The second-order valence-corrected chi connectivity index (χ2v) is 4.30. The lowest BCUT2D eigenvalue weighted by atomic mass is 10.1. The Morgan fingerprint density at radius 2 is 2.05 bits per heavy atom. The summed E-state index contributed by atoms with van der Waals surface area (Å²) in [5.74, 6) is -4.95. The summed E-state index contributed by atoms with van der Waals surface area (Å²) in [6, 6.07) is 8.18. The number of halogens is 2. The van der Waals surface area contributed by atoms with Crippen molar-refractivity contribution in [1.82, 2.24) is 0 Å². The average Bonchev–Trinajstić information content (AvgIpc) is 2.69. The highest BCUT2D eigenvalue weighted by molar-refractivity contribution is 5.79. The summed E-state index contributed by atoms with van der Waals surface area (Å²) < 4.78 is 30.4. The third-order valence-electron chi connectivity index (χ3n) is 2.85. The lowest BCUT2D eigenvalue weighted by Crippen LogP contribution is -2.22. The fourth-order valence-corrected chi connectivity index (χ4v) is 1.84. The first-order chi connectivity index (χ1) is 9.46. The molecule has 1 fully saturated rings. The van der Waals surface area contributed by atoms with Gasteiger partial charge in [0.05, 0.1) is 24.1 Å². The van der Waals surface area contributed by atoms with Gasteiger partial charge < -0.3 is 10.1 Å². The van der Waals surface area contributed by atoms with Gasteiger partial charge >= 0.3 is 11.9 Å². The van der Waals surface area contributed by atoms with E-state index >= 15 is 0 Å². The van der Waals surface area contributed by atoms with Crippen molar-refractivity contribution in [2.45, 2.75) is 18.4 Å². The minimum atomic E-state index is -3.44. The van der Waals surface area contributed by atoms with Crippen LogP contribution in [0, 0.1) is 22.7 Å². The number of hydrogen-bond donors (Lipinski definition) is 1. The molecular formula is C13H9F2N3O2. The van der Waals surface area contributed by atoms with Gasteiger partial charge in [0.25, 0.3) is 0 Å². The number of carbonyl (C=O) groups excluding carboxylic acids is 1. The number of hydrogen-bond acceptors (Lipinski definition) is 5. The molecule has 2 rings (SSSR count). The highest BCUT2D eigenvalue weighted by atomic mass is 19.3. The van der Waals surface area contributed by atoms with E-state index in [1.165, 1.54) is 12.1 Å². The number of cyclic esters (lactones) is 1. The van der Waals surface area contributed by atoms with Crippen molar-refractivity contribution in [3.05, 3.63) is 29.3 Å². The summed E-state index contributed by atoms with van der Waals surface area (Å²) in [5, 5.41) is 20.4. The zero-order valence-electron chi connectivity index (χ0n) is 10.2. The third kappa shape index (κ3) is 2.67. The third-order valence-corrected chi connectivity index (χ3v) is 2.85.